The van der Waals surface area contributed by atoms with Crippen molar-refractivity contribution in [3.63, 3.8) is 0 Å². The fraction of sp³-hybridized carbons (Fsp3) is 0.364. The molecule has 0 atom stereocenters. The molecule has 6 heteroatoms. The lowest BCUT2D eigenvalue weighted by molar-refractivity contribution is -0.116. The topological polar surface area (TPSA) is 65.5 Å². The summed E-state index contributed by atoms with van der Waals surface area (Å²) in [4.78, 5) is 16.3. The van der Waals surface area contributed by atoms with E-state index in [-0.39, 0.29) is 11.7 Å². The highest BCUT2D eigenvalue weighted by molar-refractivity contribution is 5.90. The fourth-order valence-corrected chi connectivity index (χ4v) is 2.73. The number of hydrogen-bond donors (Lipinski definition) is 3. The zero-order chi connectivity index (χ0) is 20.2. The zero-order valence-corrected chi connectivity index (χ0v) is 16.6. The van der Waals surface area contributed by atoms with Gasteiger partial charge in [0.2, 0.25) is 5.91 Å². The molecule has 0 spiro atoms. The van der Waals surface area contributed by atoms with E-state index >= 15 is 0 Å². The molecule has 2 rings (SSSR count). The van der Waals surface area contributed by atoms with Gasteiger partial charge in [-0.25, -0.2) is 9.38 Å². The first kappa shape index (κ1) is 21.4. The number of carbonyl (C=O) groups excluding carboxylic acids is 1. The summed E-state index contributed by atoms with van der Waals surface area (Å²) in [6, 6.07) is 14.5. The number of rotatable bonds is 9. The van der Waals surface area contributed by atoms with Crippen LogP contribution in [0.2, 0.25) is 0 Å². The summed E-state index contributed by atoms with van der Waals surface area (Å²) >= 11 is 0. The Labute approximate surface area is 166 Å². The van der Waals surface area contributed by atoms with Crippen molar-refractivity contribution in [1.82, 2.24) is 10.6 Å². The fourth-order valence-electron chi connectivity index (χ4n) is 2.73. The molecule has 0 heterocycles. The third-order valence-electron chi connectivity index (χ3n) is 4.10. The molecule has 5 nitrogen and oxygen atoms in total. The maximum Gasteiger partial charge on any atom is 0.224 e. The molecule has 28 heavy (non-hydrogen) atoms. The van der Waals surface area contributed by atoms with E-state index in [0.717, 1.165) is 24.2 Å². The number of carbonyl (C=O) groups is 1. The van der Waals surface area contributed by atoms with Gasteiger partial charge >= 0.3 is 0 Å². The second-order valence-electron chi connectivity index (χ2n) is 6.46. The van der Waals surface area contributed by atoms with Gasteiger partial charge in [0, 0.05) is 25.2 Å². The van der Waals surface area contributed by atoms with E-state index in [1.807, 2.05) is 44.2 Å². The minimum atomic E-state index is -0.187. The lowest BCUT2D eigenvalue weighted by Crippen LogP contribution is -2.38. The second-order valence-corrected chi connectivity index (χ2v) is 6.46. The van der Waals surface area contributed by atoms with E-state index in [9.17, 15) is 9.18 Å². The van der Waals surface area contributed by atoms with Crippen LogP contribution in [0.3, 0.4) is 0 Å². The maximum atomic E-state index is 13.7. The van der Waals surface area contributed by atoms with Crippen molar-refractivity contribution in [3.8, 4) is 0 Å². The Bertz CT molecular complexity index is 792. The monoisotopic (exact) mass is 384 g/mol. The molecule has 0 saturated carbocycles. The number of anilines is 1. The van der Waals surface area contributed by atoms with E-state index in [1.54, 1.807) is 12.1 Å². The standard InChI is InChI=1S/C22H29FN4O/c1-3-8-21(28)27-19-11-7-9-17(15-19)16-26-22(24-4-2)25-14-13-18-10-5-6-12-20(18)23/h5-7,9-12,15H,3-4,8,13-14,16H2,1-2H3,(H,27,28)(H2,24,25,26). The quantitative estimate of drug-likeness (QED) is 0.454. The molecule has 3 N–H and O–H groups in total. The van der Waals surface area contributed by atoms with E-state index in [1.165, 1.54) is 6.07 Å². The summed E-state index contributed by atoms with van der Waals surface area (Å²) < 4.78 is 13.7. The van der Waals surface area contributed by atoms with Gasteiger partial charge in [-0.15, -0.1) is 0 Å². The van der Waals surface area contributed by atoms with Gasteiger partial charge in [0.25, 0.3) is 0 Å². The van der Waals surface area contributed by atoms with Crippen molar-refractivity contribution < 1.29 is 9.18 Å². The molecular weight excluding hydrogens is 355 g/mol. The number of halogens is 1. The molecule has 0 aliphatic rings. The molecule has 0 unspecified atom stereocenters. The van der Waals surface area contributed by atoms with Crippen LogP contribution in [-0.4, -0.2) is 25.0 Å². The van der Waals surface area contributed by atoms with Crippen molar-refractivity contribution in [2.24, 2.45) is 4.99 Å². The lowest BCUT2D eigenvalue weighted by atomic mass is 10.1. The van der Waals surface area contributed by atoms with Gasteiger partial charge in [0.1, 0.15) is 5.82 Å². The van der Waals surface area contributed by atoms with Gasteiger partial charge in [-0.3, -0.25) is 4.79 Å². The second kappa shape index (κ2) is 11.7. The van der Waals surface area contributed by atoms with Gasteiger partial charge < -0.3 is 16.0 Å². The van der Waals surface area contributed by atoms with E-state index in [2.05, 4.69) is 20.9 Å². The number of nitrogens with one attached hydrogen (secondary N) is 3. The van der Waals surface area contributed by atoms with Gasteiger partial charge in [-0.05, 0) is 49.1 Å². The van der Waals surface area contributed by atoms with E-state index in [4.69, 9.17) is 0 Å². The van der Waals surface area contributed by atoms with Gasteiger partial charge in [0.15, 0.2) is 5.96 Å². The average molecular weight is 384 g/mol. The molecule has 150 valence electrons. The Kier molecular flexibility index (Phi) is 8.98. The number of hydrogen-bond acceptors (Lipinski definition) is 2. The number of benzene rings is 2. The number of amides is 1. The predicted octanol–water partition coefficient (Wildman–Crippen LogP) is 3.86. The number of nitrogens with zero attached hydrogens (tertiary/aromatic N) is 1. The van der Waals surface area contributed by atoms with Crippen LogP contribution >= 0.6 is 0 Å². The Balaban J connectivity index is 1.92. The summed E-state index contributed by atoms with van der Waals surface area (Å²) in [6.07, 6.45) is 1.91. The molecule has 1 amide bonds. The SMILES string of the molecule is CCCC(=O)Nc1cccc(CN=C(NCC)NCCc2ccccc2F)c1. The maximum absolute atomic E-state index is 13.7. The molecule has 0 aliphatic carbocycles. The zero-order valence-electron chi connectivity index (χ0n) is 16.6. The van der Waals surface area contributed by atoms with Gasteiger partial charge in [-0.1, -0.05) is 37.3 Å². The molecule has 0 bridgehead atoms. The first-order valence-electron chi connectivity index (χ1n) is 9.76. The van der Waals surface area contributed by atoms with Gasteiger partial charge in [-0.2, -0.15) is 0 Å². The van der Waals surface area contributed by atoms with Gasteiger partial charge in [0.05, 0.1) is 6.54 Å². The minimum Gasteiger partial charge on any atom is -0.357 e. The molecule has 2 aromatic rings. The summed E-state index contributed by atoms with van der Waals surface area (Å²) in [6.45, 7) is 5.77. The number of aliphatic imine (C=N–C) groups is 1. The Hall–Kier alpha value is -2.89. The normalized spacial score (nSPS) is 11.2. The molecule has 0 radical (unpaired) electrons. The summed E-state index contributed by atoms with van der Waals surface area (Å²) in [7, 11) is 0. The van der Waals surface area contributed by atoms with Crippen LogP contribution in [0.1, 0.15) is 37.8 Å². The Morgan fingerprint density at radius 2 is 1.89 bits per heavy atom. The lowest BCUT2D eigenvalue weighted by Gasteiger charge is -2.12. The molecule has 2 aromatic carbocycles. The van der Waals surface area contributed by atoms with Crippen molar-refractivity contribution in [2.75, 3.05) is 18.4 Å². The highest BCUT2D eigenvalue weighted by Gasteiger charge is 2.04. The van der Waals surface area contributed by atoms with Crippen LogP contribution in [0.25, 0.3) is 0 Å². The van der Waals surface area contributed by atoms with Crippen LogP contribution in [0.5, 0.6) is 0 Å². The first-order chi connectivity index (χ1) is 13.6. The van der Waals surface area contributed by atoms with E-state index in [0.29, 0.717) is 37.5 Å². The third kappa shape index (κ3) is 7.39. The Morgan fingerprint density at radius 3 is 2.64 bits per heavy atom. The highest BCUT2D eigenvalue weighted by Crippen LogP contribution is 2.12. The molecule has 0 aromatic heterocycles. The Morgan fingerprint density at radius 1 is 1.07 bits per heavy atom. The van der Waals surface area contributed by atoms with Crippen molar-refractivity contribution >= 4 is 17.6 Å². The average Bonchev–Trinajstić information content (AvgIpc) is 2.68. The third-order valence-corrected chi connectivity index (χ3v) is 4.10. The van der Waals surface area contributed by atoms with Crippen LogP contribution in [0, 0.1) is 5.82 Å². The summed E-state index contributed by atoms with van der Waals surface area (Å²) in [5, 5.41) is 9.32. The predicted molar refractivity (Wildman–Crippen MR) is 113 cm³/mol. The summed E-state index contributed by atoms with van der Waals surface area (Å²) in [5.74, 6) is 0.513. The van der Waals surface area contributed by atoms with Crippen LogP contribution in [0.4, 0.5) is 10.1 Å². The van der Waals surface area contributed by atoms with Crippen LogP contribution in [0.15, 0.2) is 53.5 Å². The van der Waals surface area contributed by atoms with Crippen LogP contribution in [-0.2, 0) is 17.8 Å². The smallest absolute Gasteiger partial charge is 0.224 e. The van der Waals surface area contributed by atoms with Crippen molar-refractivity contribution in [1.29, 1.82) is 0 Å². The number of guanidine groups is 1. The van der Waals surface area contributed by atoms with Crippen molar-refractivity contribution in [3.05, 3.63) is 65.5 Å². The first-order valence-corrected chi connectivity index (χ1v) is 9.76. The molecule has 0 aliphatic heterocycles. The summed E-state index contributed by atoms with van der Waals surface area (Å²) in [5.41, 5.74) is 2.46. The van der Waals surface area contributed by atoms with Crippen LogP contribution < -0.4 is 16.0 Å². The molecule has 0 fully saturated rings. The largest absolute Gasteiger partial charge is 0.357 e. The van der Waals surface area contributed by atoms with E-state index < -0.39 is 0 Å². The van der Waals surface area contributed by atoms with Crippen molar-refractivity contribution in [2.45, 2.75) is 39.7 Å². The molecular formula is C22H29FN4O. The molecule has 0 saturated heterocycles. The minimum absolute atomic E-state index is 0.0197. The highest BCUT2D eigenvalue weighted by atomic mass is 19.1.